The molecule has 2 heterocycles. The van der Waals surface area contributed by atoms with Gasteiger partial charge in [0.05, 0.1) is 19.2 Å². The maximum Gasteiger partial charge on any atom is 0.412 e. The minimum absolute atomic E-state index is 0.142. The lowest BCUT2D eigenvalue weighted by Gasteiger charge is -2.55. The Morgan fingerprint density at radius 3 is 2.24 bits per heavy atom. The van der Waals surface area contributed by atoms with Crippen LogP contribution in [0.3, 0.4) is 0 Å². The number of carbonyl (C=O) groups excluding carboxylic acids is 3. The monoisotopic (exact) mass is 521 g/mol. The molecule has 8 heteroatoms. The Labute approximate surface area is 225 Å². The number of rotatable bonds is 8. The van der Waals surface area contributed by atoms with E-state index in [4.69, 9.17) is 9.47 Å². The molecule has 0 radical (unpaired) electrons. The number of carbonyl (C=O) groups is 3. The average Bonchev–Trinajstić information content (AvgIpc) is 3.25. The van der Waals surface area contributed by atoms with Crippen LogP contribution in [0.4, 0.5) is 4.79 Å². The van der Waals surface area contributed by atoms with Gasteiger partial charge in [0.15, 0.2) is 5.54 Å². The van der Waals surface area contributed by atoms with Crippen molar-refractivity contribution in [2.24, 2.45) is 0 Å². The fourth-order valence-electron chi connectivity index (χ4n) is 5.59. The Morgan fingerprint density at radius 2 is 1.66 bits per heavy atom. The van der Waals surface area contributed by atoms with Crippen LogP contribution in [-0.2, 0) is 25.6 Å². The van der Waals surface area contributed by atoms with Gasteiger partial charge in [-0.2, -0.15) is 0 Å². The molecule has 2 fully saturated rings. The summed E-state index contributed by atoms with van der Waals surface area (Å²) in [5.41, 5.74) is -1.27. The summed E-state index contributed by atoms with van der Waals surface area (Å²) in [7, 11) is 0. The van der Waals surface area contributed by atoms with Crippen LogP contribution in [-0.4, -0.2) is 64.1 Å². The Balaban J connectivity index is 1.67. The van der Waals surface area contributed by atoms with Gasteiger partial charge in [0.2, 0.25) is 0 Å². The normalized spacial score (nSPS) is 23.8. The van der Waals surface area contributed by atoms with Gasteiger partial charge < -0.3 is 19.7 Å². The minimum Gasteiger partial charge on any atom is -0.464 e. The first-order chi connectivity index (χ1) is 18.0. The molecule has 2 saturated heterocycles. The Morgan fingerprint density at radius 1 is 1.03 bits per heavy atom. The highest BCUT2D eigenvalue weighted by molar-refractivity contribution is 6.00. The zero-order valence-corrected chi connectivity index (χ0v) is 23.0. The van der Waals surface area contributed by atoms with E-state index in [0.29, 0.717) is 25.9 Å². The SMILES string of the molecule is CCOC(=O)C1(CNCc2ccccc2)CCC2(CN(C(C)c3ccccc3)C2=O)N1C(=O)OC(C)(C)C. The van der Waals surface area contributed by atoms with Gasteiger partial charge in [-0.15, -0.1) is 0 Å². The van der Waals surface area contributed by atoms with E-state index in [1.54, 1.807) is 32.6 Å². The number of β-lactam (4-membered cyclic amide) rings is 1. The molecule has 2 aromatic rings. The van der Waals surface area contributed by atoms with Crippen molar-refractivity contribution in [3.8, 4) is 0 Å². The van der Waals surface area contributed by atoms with Gasteiger partial charge in [-0.05, 0) is 58.6 Å². The molecule has 3 unspecified atom stereocenters. The molecule has 0 bridgehead atoms. The van der Waals surface area contributed by atoms with Crippen LogP contribution in [0, 0.1) is 0 Å². The van der Waals surface area contributed by atoms with E-state index in [1.165, 1.54) is 4.90 Å². The van der Waals surface area contributed by atoms with Gasteiger partial charge in [-0.25, -0.2) is 9.59 Å². The van der Waals surface area contributed by atoms with Crippen LogP contribution in [0.5, 0.6) is 0 Å². The first-order valence-corrected chi connectivity index (χ1v) is 13.4. The molecule has 1 spiro atoms. The number of nitrogens with zero attached hydrogens (tertiary/aromatic N) is 2. The highest BCUT2D eigenvalue weighted by Gasteiger charge is 2.71. The van der Waals surface area contributed by atoms with E-state index in [1.807, 2.05) is 67.6 Å². The standard InChI is InChI=1S/C30H39N3O5/c1-6-37-26(35)29(20-31-19-23-13-9-7-10-14-23)17-18-30(33(29)27(36)38-28(3,4)5)21-32(25(30)34)22(2)24-15-11-8-12-16-24/h7-16,22,31H,6,17-21H2,1-5H3. The molecular formula is C30H39N3O5. The minimum atomic E-state index is -1.37. The number of likely N-dealkylation sites (tertiary alicyclic amines) is 2. The van der Waals surface area contributed by atoms with Crippen molar-refractivity contribution < 1.29 is 23.9 Å². The van der Waals surface area contributed by atoms with Gasteiger partial charge in [-0.1, -0.05) is 60.7 Å². The van der Waals surface area contributed by atoms with Gasteiger partial charge >= 0.3 is 12.1 Å². The smallest absolute Gasteiger partial charge is 0.412 e. The summed E-state index contributed by atoms with van der Waals surface area (Å²) in [5, 5.41) is 3.36. The summed E-state index contributed by atoms with van der Waals surface area (Å²) in [6.45, 7) is 10.2. The highest BCUT2D eigenvalue weighted by atomic mass is 16.6. The molecule has 0 aliphatic carbocycles. The molecule has 4 rings (SSSR count). The molecule has 1 N–H and O–H groups in total. The fraction of sp³-hybridized carbons (Fsp3) is 0.500. The second-order valence-corrected chi connectivity index (χ2v) is 11.2. The van der Waals surface area contributed by atoms with Crippen molar-refractivity contribution in [2.75, 3.05) is 19.7 Å². The molecule has 2 amide bonds. The summed E-state index contributed by atoms with van der Waals surface area (Å²) in [5.74, 6) is -0.695. The lowest BCUT2D eigenvalue weighted by Crippen LogP contribution is -2.77. The second kappa shape index (κ2) is 10.8. The zero-order valence-electron chi connectivity index (χ0n) is 23.0. The number of amides is 2. The average molecular weight is 522 g/mol. The summed E-state index contributed by atoms with van der Waals surface area (Å²) >= 11 is 0. The number of nitrogens with one attached hydrogen (secondary N) is 1. The number of esters is 1. The third-order valence-corrected chi connectivity index (χ3v) is 7.47. The van der Waals surface area contributed by atoms with E-state index in [2.05, 4.69) is 5.32 Å². The first kappa shape index (κ1) is 27.6. The van der Waals surface area contributed by atoms with E-state index >= 15 is 0 Å². The van der Waals surface area contributed by atoms with Crippen molar-refractivity contribution >= 4 is 18.0 Å². The van der Waals surface area contributed by atoms with Crippen molar-refractivity contribution in [2.45, 2.75) is 76.7 Å². The van der Waals surface area contributed by atoms with Crippen molar-refractivity contribution in [3.05, 3.63) is 71.8 Å². The lowest BCUT2D eigenvalue weighted by atomic mass is 9.83. The van der Waals surface area contributed by atoms with Gasteiger partial charge in [0, 0.05) is 13.1 Å². The van der Waals surface area contributed by atoms with Crippen LogP contribution < -0.4 is 5.32 Å². The van der Waals surface area contributed by atoms with Crippen LogP contribution in [0.1, 0.15) is 64.6 Å². The summed E-state index contributed by atoms with van der Waals surface area (Å²) < 4.78 is 11.3. The largest absolute Gasteiger partial charge is 0.464 e. The molecule has 2 aromatic carbocycles. The van der Waals surface area contributed by atoms with Crippen LogP contribution in [0.2, 0.25) is 0 Å². The van der Waals surface area contributed by atoms with Gasteiger partial charge in [0.25, 0.3) is 5.91 Å². The number of benzene rings is 2. The lowest BCUT2D eigenvalue weighted by molar-refractivity contribution is -0.174. The van der Waals surface area contributed by atoms with E-state index in [-0.39, 0.29) is 25.1 Å². The molecule has 38 heavy (non-hydrogen) atoms. The summed E-state index contributed by atoms with van der Waals surface area (Å²) in [6.07, 6.45) is -0.0221. The molecule has 0 saturated carbocycles. The highest BCUT2D eigenvalue weighted by Crippen LogP contribution is 2.50. The number of hydrogen-bond donors (Lipinski definition) is 1. The molecule has 2 aliphatic rings. The topological polar surface area (TPSA) is 88.2 Å². The molecular weight excluding hydrogens is 482 g/mol. The number of hydrogen-bond acceptors (Lipinski definition) is 6. The predicted octanol–water partition coefficient (Wildman–Crippen LogP) is 4.45. The number of ether oxygens (including phenoxy) is 2. The Hall–Kier alpha value is -3.39. The second-order valence-electron chi connectivity index (χ2n) is 11.2. The first-order valence-electron chi connectivity index (χ1n) is 13.4. The Kier molecular flexibility index (Phi) is 7.83. The maximum absolute atomic E-state index is 13.9. The summed E-state index contributed by atoms with van der Waals surface area (Å²) in [6, 6.07) is 19.5. The van der Waals surface area contributed by atoms with Crippen LogP contribution in [0.25, 0.3) is 0 Å². The van der Waals surface area contributed by atoms with E-state index in [9.17, 15) is 14.4 Å². The molecule has 204 valence electrons. The zero-order chi connectivity index (χ0) is 27.6. The fourth-order valence-corrected chi connectivity index (χ4v) is 5.59. The van der Waals surface area contributed by atoms with Crippen LogP contribution >= 0.6 is 0 Å². The molecule has 0 aromatic heterocycles. The summed E-state index contributed by atoms with van der Waals surface area (Å²) in [4.78, 5) is 44.6. The van der Waals surface area contributed by atoms with Gasteiger partial charge in [0.1, 0.15) is 11.1 Å². The van der Waals surface area contributed by atoms with Gasteiger partial charge in [-0.3, -0.25) is 9.69 Å². The molecule has 2 aliphatic heterocycles. The third-order valence-electron chi connectivity index (χ3n) is 7.47. The Bertz CT molecular complexity index is 1150. The van der Waals surface area contributed by atoms with E-state index in [0.717, 1.165) is 11.1 Å². The maximum atomic E-state index is 13.9. The van der Waals surface area contributed by atoms with Crippen molar-refractivity contribution in [1.82, 2.24) is 15.1 Å². The third kappa shape index (κ3) is 5.14. The van der Waals surface area contributed by atoms with Crippen molar-refractivity contribution in [1.29, 1.82) is 0 Å². The molecule has 3 atom stereocenters. The van der Waals surface area contributed by atoms with E-state index < -0.39 is 28.7 Å². The van der Waals surface area contributed by atoms with Crippen LogP contribution in [0.15, 0.2) is 60.7 Å². The molecule has 8 nitrogen and oxygen atoms in total. The quantitative estimate of drug-likeness (QED) is 0.408. The predicted molar refractivity (Wildman–Crippen MR) is 144 cm³/mol. The van der Waals surface area contributed by atoms with Crippen molar-refractivity contribution in [3.63, 3.8) is 0 Å².